The summed E-state index contributed by atoms with van der Waals surface area (Å²) < 4.78 is 0. The SMILES string of the molecule is O=C(N/N=C/c1ccc(Cl)cc1Cl)/C(=C\c1cccs1)NC(=O)c1ccccc1Cl. The molecule has 9 heteroatoms. The predicted molar refractivity (Wildman–Crippen MR) is 123 cm³/mol. The van der Waals surface area contributed by atoms with Gasteiger partial charge in [-0.3, -0.25) is 9.59 Å². The summed E-state index contributed by atoms with van der Waals surface area (Å²) in [5.74, 6) is -1.12. The largest absolute Gasteiger partial charge is 0.317 e. The van der Waals surface area contributed by atoms with Gasteiger partial charge in [0.2, 0.25) is 0 Å². The van der Waals surface area contributed by atoms with Gasteiger partial charge in [0.1, 0.15) is 5.70 Å². The number of carbonyl (C=O) groups is 2. The van der Waals surface area contributed by atoms with Crippen LogP contribution >= 0.6 is 46.1 Å². The van der Waals surface area contributed by atoms with Gasteiger partial charge >= 0.3 is 0 Å². The predicted octanol–water partition coefficient (Wildman–Crippen LogP) is 5.63. The highest BCUT2D eigenvalue weighted by Gasteiger charge is 2.16. The molecule has 152 valence electrons. The van der Waals surface area contributed by atoms with Gasteiger partial charge < -0.3 is 5.32 Å². The van der Waals surface area contributed by atoms with Crippen molar-refractivity contribution >= 4 is 70.2 Å². The number of rotatable bonds is 6. The normalized spacial score (nSPS) is 11.5. The highest BCUT2D eigenvalue weighted by atomic mass is 35.5. The van der Waals surface area contributed by atoms with Gasteiger partial charge in [-0.05, 0) is 41.8 Å². The molecule has 2 amide bonds. The second-order valence-electron chi connectivity index (χ2n) is 5.87. The first-order valence-corrected chi connectivity index (χ1v) is 10.5. The zero-order valence-electron chi connectivity index (χ0n) is 15.2. The molecule has 0 aliphatic carbocycles. The molecule has 1 heterocycles. The van der Waals surface area contributed by atoms with Crippen LogP contribution in [0.25, 0.3) is 6.08 Å². The van der Waals surface area contributed by atoms with Crippen molar-refractivity contribution in [2.45, 2.75) is 0 Å². The summed E-state index contributed by atoms with van der Waals surface area (Å²) >= 11 is 19.4. The van der Waals surface area contributed by atoms with E-state index in [-0.39, 0.29) is 16.3 Å². The third-order valence-electron chi connectivity index (χ3n) is 3.77. The minimum atomic E-state index is -0.606. The first-order valence-electron chi connectivity index (χ1n) is 8.53. The van der Waals surface area contributed by atoms with Gasteiger partial charge in [0.15, 0.2) is 0 Å². The van der Waals surface area contributed by atoms with E-state index in [1.165, 1.54) is 17.6 Å². The molecule has 30 heavy (non-hydrogen) atoms. The van der Waals surface area contributed by atoms with Gasteiger partial charge in [0, 0.05) is 15.5 Å². The van der Waals surface area contributed by atoms with Crippen molar-refractivity contribution in [2.24, 2.45) is 5.10 Å². The van der Waals surface area contributed by atoms with E-state index in [9.17, 15) is 9.59 Å². The van der Waals surface area contributed by atoms with Gasteiger partial charge in [-0.2, -0.15) is 5.10 Å². The Bertz CT molecular complexity index is 1130. The number of hydrogen-bond acceptors (Lipinski definition) is 4. The van der Waals surface area contributed by atoms with E-state index in [0.29, 0.717) is 15.6 Å². The standard InChI is InChI=1S/C21H14Cl3N3O2S/c22-14-8-7-13(18(24)10-14)12-25-27-21(29)19(11-15-4-3-9-30-15)26-20(28)16-5-1-2-6-17(16)23/h1-12H,(H,26,28)(H,27,29)/b19-11+,25-12+. The fraction of sp³-hybridized carbons (Fsp3) is 0. The zero-order valence-corrected chi connectivity index (χ0v) is 18.3. The smallest absolute Gasteiger partial charge is 0.287 e. The lowest BCUT2D eigenvalue weighted by molar-refractivity contribution is -0.117. The summed E-state index contributed by atoms with van der Waals surface area (Å²) in [4.78, 5) is 26.0. The Morgan fingerprint density at radius 3 is 2.47 bits per heavy atom. The van der Waals surface area contributed by atoms with E-state index >= 15 is 0 Å². The molecule has 0 fully saturated rings. The highest BCUT2D eigenvalue weighted by molar-refractivity contribution is 7.10. The van der Waals surface area contributed by atoms with Crippen LogP contribution in [0.2, 0.25) is 15.1 Å². The van der Waals surface area contributed by atoms with Crippen LogP contribution in [0.4, 0.5) is 0 Å². The Labute approximate surface area is 192 Å². The summed E-state index contributed by atoms with van der Waals surface area (Å²) in [5.41, 5.74) is 3.22. The van der Waals surface area contributed by atoms with Gasteiger partial charge in [-0.25, -0.2) is 5.43 Å². The second kappa shape index (κ2) is 10.4. The Hall–Kier alpha value is -2.64. The fourth-order valence-corrected chi connectivity index (χ4v) is 3.67. The number of amides is 2. The lowest BCUT2D eigenvalue weighted by Gasteiger charge is -2.09. The van der Waals surface area contributed by atoms with Crippen molar-refractivity contribution in [3.63, 3.8) is 0 Å². The van der Waals surface area contributed by atoms with E-state index in [1.54, 1.807) is 48.5 Å². The van der Waals surface area contributed by atoms with Gasteiger partial charge in [0.25, 0.3) is 11.8 Å². The number of nitrogens with zero attached hydrogens (tertiary/aromatic N) is 1. The van der Waals surface area contributed by atoms with Crippen LogP contribution in [0, 0.1) is 0 Å². The Kier molecular flexibility index (Phi) is 7.65. The third kappa shape index (κ3) is 5.93. The van der Waals surface area contributed by atoms with Crippen LogP contribution in [0.3, 0.4) is 0 Å². The molecule has 3 aromatic rings. The van der Waals surface area contributed by atoms with Crippen LogP contribution in [0.15, 0.2) is 70.8 Å². The van der Waals surface area contributed by atoms with Gasteiger partial charge in [0.05, 0.1) is 21.8 Å². The summed E-state index contributed by atoms with van der Waals surface area (Å²) in [6.45, 7) is 0. The fourth-order valence-electron chi connectivity index (χ4n) is 2.34. The molecule has 0 aliphatic rings. The van der Waals surface area contributed by atoms with Crippen molar-refractivity contribution in [1.82, 2.24) is 10.7 Å². The second-order valence-corrected chi connectivity index (χ2v) is 8.10. The molecular weight excluding hydrogens is 465 g/mol. The Morgan fingerprint density at radius 1 is 0.967 bits per heavy atom. The van der Waals surface area contributed by atoms with Crippen molar-refractivity contribution in [3.05, 3.63) is 96.7 Å². The average Bonchev–Trinajstić information content (AvgIpc) is 3.22. The molecule has 1 aromatic heterocycles. The number of benzene rings is 2. The average molecular weight is 479 g/mol. The van der Waals surface area contributed by atoms with Crippen molar-refractivity contribution < 1.29 is 9.59 Å². The summed E-state index contributed by atoms with van der Waals surface area (Å²) in [7, 11) is 0. The quantitative estimate of drug-likeness (QED) is 0.274. The molecule has 0 unspecified atom stereocenters. The molecule has 0 aliphatic heterocycles. The highest BCUT2D eigenvalue weighted by Crippen LogP contribution is 2.19. The topological polar surface area (TPSA) is 70.6 Å². The number of thiophene rings is 1. The van der Waals surface area contributed by atoms with Crippen LogP contribution in [-0.2, 0) is 4.79 Å². The molecule has 0 saturated carbocycles. The molecule has 0 saturated heterocycles. The van der Waals surface area contributed by atoms with Crippen LogP contribution in [-0.4, -0.2) is 18.0 Å². The third-order valence-corrected chi connectivity index (χ3v) is 5.48. The number of halogens is 3. The van der Waals surface area contributed by atoms with Crippen molar-refractivity contribution in [3.8, 4) is 0 Å². The lowest BCUT2D eigenvalue weighted by atomic mass is 10.2. The van der Waals surface area contributed by atoms with Crippen molar-refractivity contribution in [1.29, 1.82) is 0 Å². The molecular formula is C21H14Cl3N3O2S. The number of carbonyl (C=O) groups excluding carboxylic acids is 2. The van der Waals surface area contributed by atoms with Crippen LogP contribution in [0.1, 0.15) is 20.8 Å². The zero-order chi connectivity index (χ0) is 21.5. The summed E-state index contributed by atoms with van der Waals surface area (Å²) in [6, 6.07) is 15.1. The number of nitrogens with one attached hydrogen (secondary N) is 2. The number of hydrogen-bond donors (Lipinski definition) is 2. The van der Waals surface area contributed by atoms with Crippen LogP contribution < -0.4 is 10.7 Å². The minimum absolute atomic E-state index is 0.0155. The van der Waals surface area contributed by atoms with Crippen molar-refractivity contribution in [2.75, 3.05) is 0 Å². The van der Waals surface area contributed by atoms with Gasteiger partial charge in [-0.15, -0.1) is 11.3 Å². The van der Waals surface area contributed by atoms with E-state index in [2.05, 4.69) is 15.8 Å². The molecule has 2 aromatic carbocycles. The molecule has 5 nitrogen and oxygen atoms in total. The summed E-state index contributed by atoms with van der Waals surface area (Å²) in [5, 5.41) is 9.53. The molecule has 0 bridgehead atoms. The molecule has 0 spiro atoms. The molecule has 2 N–H and O–H groups in total. The van der Waals surface area contributed by atoms with Gasteiger partial charge in [-0.1, -0.05) is 59.1 Å². The maximum Gasteiger partial charge on any atom is 0.287 e. The van der Waals surface area contributed by atoms with Crippen LogP contribution in [0.5, 0.6) is 0 Å². The first kappa shape index (κ1) is 22.1. The Balaban J connectivity index is 1.78. The molecule has 0 atom stereocenters. The van der Waals surface area contributed by atoms with E-state index in [4.69, 9.17) is 34.8 Å². The Morgan fingerprint density at radius 2 is 1.77 bits per heavy atom. The maximum atomic E-state index is 12.7. The first-order chi connectivity index (χ1) is 14.4. The van der Waals surface area contributed by atoms with E-state index < -0.39 is 11.8 Å². The summed E-state index contributed by atoms with van der Waals surface area (Å²) in [6.07, 6.45) is 2.94. The minimum Gasteiger partial charge on any atom is -0.317 e. The van der Waals surface area contributed by atoms with E-state index in [1.807, 2.05) is 17.5 Å². The number of hydrazone groups is 1. The lowest BCUT2D eigenvalue weighted by Crippen LogP contribution is -2.33. The molecule has 0 radical (unpaired) electrons. The maximum absolute atomic E-state index is 12.7. The monoisotopic (exact) mass is 477 g/mol. The molecule has 3 rings (SSSR count). The van der Waals surface area contributed by atoms with E-state index in [0.717, 1.165) is 4.88 Å².